The summed E-state index contributed by atoms with van der Waals surface area (Å²) in [6, 6.07) is 2.69. The summed E-state index contributed by atoms with van der Waals surface area (Å²) in [5.74, 6) is -1.78. The van der Waals surface area contributed by atoms with Crippen molar-refractivity contribution >= 4 is 17.6 Å². The van der Waals surface area contributed by atoms with Gasteiger partial charge in [-0.3, -0.25) is 14.9 Å². The maximum absolute atomic E-state index is 12.1. The zero-order chi connectivity index (χ0) is 16.7. The van der Waals surface area contributed by atoms with Gasteiger partial charge < -0.3 is 15.2 Å². The second-order valence-electron chi connectivity index (χ2n) is 4.65. The number of unbranched alkanes of at least 4 members (excludes halogenated alkanes) is 1. The Hall–Kier alpha value is -2.64. The molecule has 1 aromatic rings. The van der Waals surface area contributed by atoms with Crippen molar-refractivity contribution in [1.29, 1.82) is 0 Å². The number of hydrogen-bond donors (Lipinski definition) is 2. The van der Waals surface area contributed by atoms with Gasteiger partial charge >= 0.3 is 11.7 Å². The maximum Gasteiger partial charge on any atom is 0.326 e. The number of nitrogens with one attached hydrogen (secondary N) is 1. The molecule has 0 saturated heterocycles. The van der Waals surface area contributed by atoms with Crippen LogP contribution in [0.4, 0.5) is 5.69 Å². The second-order valence-corrected chi connectivity index (χ2v) is 4.65. The number of nitro benzene ring substituents is 1. The van der Waals surface area contributed by atoms with Crippen LogP contribution in [0.1, 0.15) is 36.5 Å². The lowest BCUT2D eigenvalue weighted by Crippen LogP contribution is -2.40. The minimum Gasteiger partial charge on any atom is -0.490 e. The first-order valence-electron chi connectivity index (χ1n) is 6.76. The molecular formula is C14H18N2O6. The molecule has 0 bridgehead atoms. The van der Waals surface area contributed by atoms with Crippen molar-refractivity contribution in [1.82, 2.24) is 5.32 Å². The topological polar surface area (TPSA) is 119 Å². The van der Waals surface area contributed by atoms with Crippen LogP contribution in [-0.4, -0.2) is 35.1 Å². The van der Waals surface area contributed by atoms with E-state index in [9.17, 15) is 19.7 Å². The molecule has 0 aliphatic rings. The highest BCUT2D eigenvalue weighted by molar-refractivity contribution is 5.97. The Labute approximate surface area is 127 Å². The SMILES string of the molecule is CCCCC(NC(=O)c1ccc(OC)c([N+](=O)[O-])c1)C(=O)O. The summed E-state index contributed by atoms with van der Waals surface area (Å²) in [7, 11) is 1.29. The molecule has 0 spiro atoms. The Morgan fingerprint density at radius 3 is 2.64 bits per heavy atom. The van der Waals surface area contributed by atoms with Crippen LogP contribution in [0.2, 0.25) is 0 Å². The summed E-state index contributed by atoms with van der Waals surface area (Å²) in [5, 5.41) is 22.4. The molecule has 0 heterocycles. The van der Waals surface area contributed by atoms with E-state index in [-0.39, 0.29) is 17.0 Å². The van der Waals surface area contributed by atoms with Crippen LogP contribution in [0.3, 0.4) is 0 Å². The molecule has 0 saturated carbocycles. The number of ether oxygens (including phenoxy) is 1. The Morgan fingerprint density at radius 2 is 2.14 bits per heavy atom. The molecular weight excluding hydrogens is 292 g/mol. The van der Waals surface area contributed by atoms with Crippen molar-refractivity contribution < 1.29 is 24.4 Å². The third-order valence-corrected chi connectivity index (χ3v) is 3.09. The van der Waals surface area contributed by atoms with E-state index in [0.29, 0.717) is 12.8 Å². The maximum atomic E-state index is 12.1. The average Bonchev–Trinajstić information content (AvgIpc) is 2.50. The molecule has 1 amide bonds. The van der Waals surface area contributed by atoms with Gasteiger partial charge in [0.15, 0.2) is 5.75 Å². The number of nitro groups is 1. The molecule has 0 radical (unpaired) electrons. The van der Waals surface area contributed by atoms with Crippen LogP contribution in [0.5, 0.6) is 5.75 Å². The van der Waals surface area contributed by atoms with Crippen LogP contribution >= 0.6 is 0 Å². The number of benzene rings is 1. The molecule has 1 atom stereocenters. The molecule has 0 aromatic heterocycles. The van der Waals surface area contributed by atoms with Crippen LogP contribution < -0.4 is 10.1 Å². The van der Waals surface area contributed by atoms with Gasteiger partial charge in [0.05, 0.1) is 12.0 Å². The van der Waals surface area contributed by atoms with Crippen LogP contribution in [0.15, 0.2) is 18.2 Å². The summed E-state index contributed by atoms with van der Waals surface area (Å²) in [6.45, 7) is 1.91. The summed E-state index contributed by atoms with van der Waals surface area (Å²) in [4.78, 5) is 33.4. The fourth-order valence-electron chi connectivity index (χ4n) is 1.88. The number of carboxylic acid groups (broad SMARTS) is 1. The van der Waals surface area contributed by atoms with E-state index in [1.807, 2.05) is 6.92 Å². The normalized spacial score (nSPS) is 11.5. The lowest BCUT2D eigenvalue weighted by Gasteiger charge is -2.14. The number of methoxy groups -OCH3 is 1. The molecule has 0 aliphatic heterocycles. The Bertz CT molecular complexity index is 572. The predicted octanol–water partition coefficient (Wildman–Crippen LogP) is 1.98. The van der Waals surface area contributed by atoms with Gasteiger partial charge in [0, 0.05) is 11.6 Å². The zero-order valence-corrected chi connectivity index (χ0v) is 12.4. The molecule has 1 unspecified atom stereocenters. The van der Waals surface area contributed by atoms with Crippen molar-refractivity contribution in [3.8, 4) is 5.75 Å². The Kier molecular flexibility index (Phi) is 6.30. The molecule has 1 rings (SSSR count). The monoisotopic (exact) mass is 310 g/mol. The summed E-state index contributed by atoms with van der Waals surface area (Å²) in [5.41, 5.74) is -0.342. The molecule has 1 aromatic carbocycles. The highest BCUT2D eigenvalue weighted by Gasteiger charge is 2.22. The quantitative estimate of drug-likeness (QED) is 0.559. The zero-order valence-electron chi connectivity index (χ0n) is 12.4. The minimum atomic E-state index is -1.13. The van der Waals surface area contributed by atoms with Gasteiger partial charge in [-0.2, -0.15) is 0 Å². The van der Waals surface area contributed by atoms with Gasteiger partial charge in [0.1, 0.15) is 6.04 Å². The van der Waals surface area contributed by atoms with Crippen LogP contribution in [-0.2, 0) is 4.79 Å². The minimum absolute atomic E-state index is 0.00949. The van der Waals surface area contributed by atoms with Gasteiger partial charge in [-0.1, -0.05) is 19.8 Å². The Morgan fingerprint density at radius 1 is 1.45 bits per heavy atom. The number of aliphatic carboxylic acids is 1. The van der Waals surface area contributed by atoms with E-state index >= 15 is 0 Å². The number of nitrogens with zero attached hydrogens (tertiary/aromatic N) is 1. The number of carbonyl (C=O) groups is 2. The van der Waals surface area contributed by atoms with Crippen molar-refractivity contribution in [2.75, 3.05) is 7.11 Å². The van der Waals surface area contributed by atoms with Crippen molar-refractivity contribution in [2.24, 2.45) is 0 Å². The highest BCUT2D eigenvalue weighted by Crippen LogP contribution is 2.27. The van der Waals surface area contributed by atoms with Gasteiger partial charge in [0.2, 0.25) is 0 Å². The third kappa shape index (κ3) is 4.44. The number of amides is 1. The average molecular weight is 310 g/mol. The molecule has 2 N–H and O–H groups in total. The Balaban J connectivity index is 2.95. The van der Waals surface area contributed by atoms with Crippen molar-refractivity contribution in [2.45, 2.75) is 32.2 Å². The standard InChI is InChI=1S/C14H18N2O6/c1-3-4-5-10(14(18)19)15-13(17)9-6-7-12(22-2)11(8-9)16(20)21/h6-8,10H,3-5H2,1-2H3,(H,15,17)(H,18,19). The van der Waals surface area contributed by atoms with Crippen LogP contribution in [0, 0.1) is 10.1 Å². The van der Waals surface area contributed by atoms with Crippen molar-refractivity contribution in [3.63, 3.8) is 0 Å². The molecule has 0 fully saturated rings. The fourth-order valence-corrected chi connectivity index (χ4v) is 1.88. The molecule has 0 aliphatic carbocycles. The molecule has 22 heavy (non-hydrogen) atoms. The summed E-state index contributed by atoms with van der Waals surface area (Å²) < 4.78 is 4.85. The lowest BCUT2D eigenvalue weighted by molar-refractivity contribution is -0.385. The first-order chi connectivity index (χ1) is 10.4. The van der Waals surface area contributed by atoms with Gasteiger partial charge in [0.25, 0.3) is 5.91 Å². The highest BCUT2D eigenvalue weighted by atomic mass is 16.6. The first-order valence-corrected chi connectivity index (χ1v) is 6.76. The molecule has 8 heteroatoms. The van der Waals surface area contributed by atoms with Crippen LogP contribution in [0.25, 0.3) is 0 Å². The van der Waals surface area contributed by atoms with E-state index in [1.54, 1.807) is 0 Å². The number of carboxylic acids is 1. The third-order valence-electron chi connectivity index (χ3n) is 3.09. The van der Waals surface area contributed by atoms with Gasteiger partial charge in [-0.25, -0.2) is 4.79 Å². The first kappa shape index (κ1) is 17.4. The molecule has 120 valence electrons. The van der Waals surface area contributed by atoms with E-state index in [4.69, 9.17) is 9.84 Å². The smallest absolute Gasteiger partial charge is 0.326 e. The van der Waals surface area contributed by atoms with Gasteiger partial charge in [-0.05, 0) is 18.6 Å². The fraction of sp³-hybridized carbons (Fsp3) is 0.429. The van der Waals surface area contributed by atoms with Gasteiger partial charge in [-0.15, -0.1) is 0 Å². The number of carbonyl (C=O) groups excluding carboxylic acids is 1. The van der Waals surface area contributed by atoms with E-state index in [0.717, 1.165) is 12.5 Å². The van der Waals surface area contributed by atoms with E-state index in [1.165, 1.54) is 19.2 Å². The van der Waals surface area contributed by atoms with E-state index < -0.39 is 22.8 Å². The summed E-state index contributed by atoms with van der Waals surface area (Å²) >= 11 is 0. The molecule has 8 nitrogen and oxygen atoms in total. The van der Waals surface area contributed by atoms with E-state index in [2.05, 4.69) is 5.32 Å². The second kappa shape index (κ2) is 7.96. The largest absolute Gasteiger partial charge is 0.490 e. The summed E-state index contributed by atoms with van der Waals surface area (Å²) in [6.07, 6.45) is 1.75. The number of rotatable bonds is 8. The lowest BCUT2D eigenvalue weighted by atomic mass is 10.1. The number of hydrogen-bond acceptors (Lipinski definition) is 5. The predicted molar refractivity (Wildman–Crippen MR) is 78.1 cm³/mol. The van der Waals surface area contributed by atoms with Crippen molar-refractivity contribution in [3.05, 3.63) is 33.9 Å².